The van der Waals surface area contributed by atoms with Gasteiger partial charge in [0.25, 0.3) is 0 Å². The molecule has 0 saturated carbocycles. The Labute approximate surface area is 173 Å². The van der Waals surface area contributed by atoms with Gasteiger partial charge in [0.2, 0.25) is 0 Å². The maximum Gasteiger partial charge on any atom is 0.134 e. The number of nitrogens with zero attached hydrogens (tertiary/aromatic N) is 1. The van der Waals surface area contributed by atoms with Gasteiger partial charge in [0.1, 0.15) is 5.82 Å². The summed E-state index contributed by atoms with van der Waals surface area (Å²) >= 11 is 36.6. The van der Waals surface area contributed by atoms with Crippen LogP contribution in [0.2, 0.25) is 30.1 Å². The zero-order valence-corrected chi connectivity index (χ0v) is 16.6. The number of rotatable bonds is 2. The Morgan fingerprint density at radius 3 is 1.72 bits per heavy atom. The lowest BCUT2D eigenvalue weighted by molar-refractivity contribution is 0.630. The number of hydrogen-bond acceptors (Lipinski definition) is 1. The minimum Gasteiger partial charge on any atom is -0.255 e. The fourth-order valence-corrected chi connectivity index (χ4v) is 3.74. The molecule has 3 rings (SSSR count). The van der Waals surface area contributed by atoms with E-state index in [-0.39, 0.29) is 41.9 Å². The van der Waals surface area contributed by atoms with Crippen molar-refractivity contribution >= 4 is 69.6 Å². The second kappa shape index (κ2) is 7.48. The molecule has 1 heterocycles. The lowest BCUT2D eigenvalue weighted by Gasteiger charge is -2.12. The highest BCUT2D eigenvalue weighted by Crippen LogP contribution is 2.42. The molecule has 8 heteroatoms. The monoisotopic (exact) mass is 453 g/mol. The van der Waals surface area contributed by atoms with Crippen molar-refractivity contribution in [2.24, 2.45) is 0 Å². The van der Waals surface area contributed by atoms with E-state index in [2.05, 4.69) is 4.98 Å². The van der Waals surface area contributed by atoms with E-state index in [1.807, 2.05) is 0 Å². The molecule has 0 aliphatic heterocycles. The first kappa shape index (κ1) is 19.0. The standard InChI is InChI=1S/C17H6Cl6FN/c18-8-1-3-10(20)16(22)14(8)7-6-25-13(5-12(7)24)15-9(19)2-4-11(21)17(15)23/h1-6H. The van der Waals surface area contributed by atoms with E-state index in [0.29, 0.717) is 10.6 Å². The number of pyridine rings is 1. The average Bonchev–Trinajstić information content (AvgIpc) is 2.57. The van der Waals surface area contributed by atoms with Crippen molar-refractivity contribution < 1.29 is 4.39 Å². The van der Waals surface area contributed by atoms with Crippen LogP contribution in [0.3, 0.4) is 0 Å². The lowest BCUT2D eigenvalue weighted by atomic mass is 10.0. The third-order valence-electron chi connectivity index (χ3n) is 3.47. The van der Waals surface area contributed by atoms with Crippen molar-refractivity contribution in [1.29, 1.82) is 0 Å². The highest BCUT2D eigenvalue weighted by Gasteiger charge is 2.19. The molecule has 0 N–H and O–H groups in total. The highest BCUT2D eigenvalue weighted by molar-refractivity contribution is 6.46. The molecule has 0 atom stereocenters. The van der Waals surface area contributed by atoms with Gasteiger partial charge in [0, 0.05) is 29.0 Å². The highest BCUT2D eigenvalue weighted by atomic mass is 35.5. The van der Waals surface area contributed by atoms with Crippen molar-refractivity contribution in [3.63, 3.8) is 0 Å². The van der Waals surface area contributed by atoms with E-state index in [4.69, 9.17) is 69.6 Å². The molecular formula is C17H6Cl6FN. The SMILES string of the molecule is Fc1cc(-c2c(Cl)ccc(Cl)c2Cl)ncc1-c1c(Cl)ccc(Cl)c1Cl. The van der Waals surface area contributed by atoms with Crippen LogP contribution in [0.15, 0.2) is 36.5 Å². The summed E-state index contributed by atoms with van der Waals surface area (Å²) in [5.74, 6) is -0.608. The van der Waals surface area contributed by atoms with Gasteiger partial charge in [-0.25, -0.2) is 4.39 Å². The molecule has 0 fully saturated rings. The van der Waals surface area contributed by atoms with Crippen molar-refractivity contribution in [2.45, 2.75) is 0 Å². The van der Waals surface area contributed by atoms with Gasteiger partial charge in [-0.15, -0.1) is 0 Å². The van der Waals surface area contributed by atoms with Crippen LogP contribution in [0.1, 0.15) is 0 Å². The van der Waals surface area contributed by atoms with Gasteiger partial charge < -0.3 is 0 Å². The molecule has 0 saturated heterocycles. The number of aromatic nitrogens is 1. The first-order chi connectivity index (χ1) is 11.8. The molecule has 0 unspecified atom stereocenters. The van der Waals surface area contributed by atoms with E-state index in [1.165, 1.54) is 24.4 Å². The predicted molar refractivity (Wildman–Crippen MR) is 105 cm³/mol. The van der Waals surface area contributed by atoms with Gasteiger partial charge in [-0.3, -0.25) is 4.98 Å². The summed E-state index contributed by atoms with van der Waals surface area (Å²) in [5, 5.41) is 1.42. The summed E-state index contributed by atoms with van der Waals surface area (Å²) in [7, 11) is 0. The van der Waals surface area contributed by atoms with Gasteiger partial charge in [-0.2, -0.15) is 0 Å². The van der Waals surface area contributed by atoms with E-state index in [0.717, 1.165) is 0 Å². The molecule has 0 aliphatic rings. The quantitative estimate of drug-likeness (QED) is 0.353. The Balaban J connectivity index is 2.19. The summed E-state index contributed by atoms with van der Waals surface area (Å²) in [6.07, 6.45) is 1.29. The van der Waals surface area contributed by atoms with Crippen LogP contribution in [0.5, 0.6) is 0 Å². The minimum atomic E-state index is -0.608. The van der Waals surface area contributed by atoms with Gasteiger partial charge in [0.15, 0.2) is 0 Å². The Morgan fingerprint density at radius 1 is 0.680 bits per heavy atom. The molecule has 0 spiro atoms. The largest absolute Gasteiger partial charge is 0.255 e. The fourth-order valence-electron chi connectivity index (χ4n) is 2.29. The molecule has 25 heavy (non-hydrogen) atoms. The van der Waals surface area contributed by atoms with E-state index >= 15 is 0 Å². The Kier molecular flexibility index (Phi) is 5.69. The molecule has 0 aliphatic carbocycles. The Bertz CT molecular complexity index is 989. The van der Waals surface area contributed by atoms with Crippen molar-refractivity contribution in [3.8, 4) is 22.4 Å². The van der Waals surface area contributed by atoms with Gasteiger partial charge >= 0.3 is 0 Å². The summed E-state index contributed by atoms with van der Waals surface area (Å²) < 4.78 is 14.8. The average molecular weight is 456 g/mol. The molecule has 2 aromatic carbocycles. The first-order valence-corrected chi connectivity index (χ1v) is 9.01. The molecule has 1 nitrogen and oxygen atoms in total. The smallest absolute Gasteiger partial charge is 0.134 e. The zero-order valence-electron chi connectivity index (χ0n) is 12.1. The van der Waals surface area contributed by atoms with Crippen LogP contribution >= 0.6 is 69.6 Å². The molecule has 0 amide bonds. The number of halogens is 7. The fraction of sp³-hybridized carbons (Fsp3) is 0. The molecule has 128 valence electrons. The lowest BCUT2D eigenvalue weighted by Crippen LogP contribution is -1.94. The summed E-state index contributed by atoms with van der Waals surface area (Å²) in [6, 6.07) is 7.35. The number of benzene rings is 2. The summed E-state index contributed by atoms with van der Waals surface area (Å²) in [6.45, 7) is 0. The normalized spacial score (nSPS) is 11.0. The zero-order chi connectivity index (χ0) is 18.3. The van der Waals surface area contributed by atoms with Crippen LogP contribution in [0, 0.1) is 5.82 Å². The molecular weight excluding hydrogens is 450 g/mol. The third-order valence-corrected chi connectivity index (χ3v) is 5.71. The maximum atomic E-state index is 14.8. The van der Waals surface area contributed by atoms with Crippen molar-refractivity contribution in [1.82, 2.24) is 4.98 Å². The second-order valence-electron chi connectivity index (χ2n) is 4.99. The van der Waals surface area contributed by atoms with Crippen LogP contribution in [-0.4, -0.2) is 4.98 Å². The summed E-state index contributed by atoms with van der Waals surface area (Å²) in [5.41, 5.74) is 0.934. The Morgan fingerprint density at radius 2 is 1.16 bits per heavy atom. The van der Waals surface area contributed by atoms with Crippen LogP contribution < -0.4 is 0 Å². The van der Waals surface area contributed by atoms with Crippen LogP contribution in [-0.2, 0) is 0 Å². The molecule has 0 radical (unpaired) electrons. The topological polar surface area (TPSA) is 12.9 Å². The van der Waals surface area contributed by atoms with Gasteiger partial charge in [-0.1, -0.05) is 69.6 Å². The first-order valence-electron chi connectivity index (χ1n) is 6.74. The Hall–Kier alpha value is -0.740. The number of hydrogen-bond donors (Lipinski definition) is 0. The van der Waals surface area contributed by atoms with E-state index in [1.54, 1.807) is 12.1 Å². The van der Waals surface area contributed by atoms with Crippen molar-refractivity contribution in [3.05, 3.63) is 72.5 Å². The van der Waals surface area contributed by atoms with Crippen LogP contribution in [0.25, 0.3) is 22.4 Å². The van der Waals surface area contributed by atoms with Crippen LogP contribution in [0.4, 0.5) is 4.39 Å². The van der Waals surface area contributed by atoms with Crippen molar-refractivity contribution in [2.75, 3.05) is 0 Å². The molecule has 1 aromatic heterocycles. The third kappa shape index (κ3) is 3.57. The second-order valence-corrected chi connectivity index (χ2v) is 7.37. The van der Waals surface area contributed by atoms with E-state index in [9.17, 15) is 4.39 Å². The molecule has 0 bridgehead atoms. The van der Waals surface area contributed by atoms with Gasteiger partial charge in [-0.05, 0) is 24.3 Å². The summed E-state index contributed by atoms with van der Waals surface area (Å²) in [4.78, 5) is 4.23. The molecule has 3 aromatic rings. The minimum absolute atomic E-state index is 0.107. The predicted octanol–water partition coefficient (Wildman–Crippen LogP) is 8.48. The van der Waals surface area contributed by atoms with Gasteiger partial charge in [0.05, 0.1) is 35.8 Å². The van der Waals surface area contributed by atoms with E-state index < -0.39 is 5.82 Å². The maximum absolute atomic E-state index is 14.8.